The van der Waals surface area contributed by atoms with Gasteiger partial charge in [-0.2, -0.15) is 0 Å². The Hall–Kier alpha value is -3.56. The number of hydrogen-bond acceptors (Lipinski definition) is 8. The normalized spacial score (nSPS) is 12.4. The summed E-state index contributed by atoms with van der Waals surface area (Å²) in [4.78, 5) is 26.0. The second-order valence-electron chi connectivity index (χ2n) is 8.40. The third kappa shape index (κ3) is 5.63. The Morgan fingerprint density at radius 1 is 1.12 bits per heavy atom. The molecule has 170 valence electrons. The predicted octanol–water partition coefficient (Wildman–Crippen LogP) is 5.25. The van der Waals surface area contributed by atoms with E-state index in [1.165, 1.54) is 17.7 Å². The van der Waals surface area contributed by atoms with E-state index in [1.807, 2.05) is 42.5 Å². The van der Waals surface area contributed by atoms with E-state index < -0.39 is 11.7 Å². The van der Waals surface area contributed by atoms with E-state index in [1.54, 1.807) is 33.0 Å². The van der Waals surface area contributed by atoms with Crippen molar-refractivity contribution in [2.75, 3.05) is 17.2 Å². The van der Waals surface area contributed by atoms with Crippen LogP contribution in [0, 0.1) is 0 Å². The molecule has 0 fully saturated rings. The number of nitrogens with one attached hydrogen (secondary N) is 2. The maximum atomic E-state index is 11.9. The van der Waals surface area contributed by atoms with Crippen LogP contribution in [0.25, 0.3) is 20.7 Å². The summed E-state index contributed by atoms with van der Waals surface area (Å²) >= 11 is 1.53. The van der Waals surface area contributed by atoms with Crippen molar-refractivity contribution in [1.82, 2.24) is 15.0 Å². The Morgan fingerprint density at radius 3 is 2.58 bits per heavy atom. The molecule has 0 aliphatic rings. The first-order valence-electron chi connectivity index (χ1n) is 10.5. The third-order valence-electron chi connectivity index (χ3n) is 4.68. The Balaban J connectivity index is 1.54. The fourth-order valence-electron chi connectivity index (χ4n) is 3.21. The lowest BCUT2D eigenvalue weighted by Gasteiger charge is -2.19. The molecule has 3 N–H and O–H groups in total. The zero-order valence-electron chi connectivity index (χ0n) is 18.6. The molecule has 0 saturated heterocycles. The Labute approximate surface area is 195 Å². The van der Waals surface area contributed by atoms with Crippen LogP contribution in [-0.4, -0.2) is 38.4 Å². The largest absolute Gasteiger partial charge is 0.444 e. The van der Waals surface area contributed by atoms with Gasteiger partial charge in [0.25, 0.3) is 0 Å². The molecule has 0 saturated carbocycles. The highest BCUT2D eigenvalue weighted by Gasteiger charge is 2.17. The number of carbonyl (C=O) groups is 1. The van der Waals surface area contributed by atoms with Crippen LogP contribution in [0.1, 0.15) is 32.4 Å². The molecule has 1 aromatic carbocycles. The molecule has 0 spiro atoms. The molecule has 1 amide bonds. The molecule has 0 bridgehead atoms. The van der Waals surface area contributed by atoms with Crippen LogP contribution < -0.4 is 10.6 Å². The third-order valence-corrected chi connectivity index (χ3v) is 5.86. The number of benzene rings is 1. The van der Waals surface area contributed by atoms with E-state index >= 15 is 0 Å². The van der Waals surface area contributed by atoms with Crippen molar-refractivity contribution < 1.29 is 14.6 Å². The standard InChI is InChI=1S/C24H25N5O3S/c1-24(2,3)32-23(31)29-20-10-9-16(12-25-20)19-11-17-21(33-19)22(27-14-26-17)28-18(13-30)15-7-5-4-6-8-15/h4-12,14,18,30H,13H2,1-3H3,(H,25,29,31)(H,26,27,28)/t18-/m1/s1. The molecule has 8 nitrogen and oxygen atoms in total. The molecule has 0 aliphatic heterocycles. The van der Waals surface area contributed by atoms with Gasteiger partial charge in [0, 0.05) is 16.6 Å². The van der Waals surface area contributed by atoms with Gasteiger partial charge in [0.2, 0.25) is 0 Å². The van der Waals surface area contributed by atoms with Crippen molar-refractivity contribution in [3.05, 3.63) is 66.6 Å². The molecule has 4 rings (SSSR count). The number of nitrogens with zero attached hydrogens (tertiary/aromatic N) is 3. The molecule has 0 radical (unpaired) electrons. The number of rotatable bonds is 6. The predicted molar refractivity (Wildman–Crippen MR) is 130 cm³/mol. The molecule has 33 heavy (non-hydrogen) atoms. The summed E-state index contributed by atoms with van der Waals surface area (Å²) in [7, 11) is 0. The number of thiophene rings is 1. The zero-order chi connectivity index (χ0) is 23.4. The first kappa shape index (κ1) is 22.6. The van der Waals surface area contributed by atoms with E-state index in [0.717, 1.165) is 26.2 Å². The summed E-state index contributed by atoms with van der Waals surface area (Å²) in [5.74, 6) is 1.07. The smallest absolute Gasteiger partial charge is 0.413 e. The van der Waals surface area contributed by atoms with Gasteiger partial charge in [0.15, 0.2) is 0 Å². The Kier molecular flexibility index (Phi) is 6.52. The zero-order valence-corrected chi connectivity index (χ0v) is 19.4. The van der Waals surface area contributed by atoms with Crippen LogP contribution in [-0.2, 0) is 4.74 Å². The quantitative estimate of drug-likeness (QED) is 0.358. The number of aliphatic hydroxyl groups is 1. The van der Waals surface area contributed by atoms with Gasteiger partial charge in [-0.25, -0.2) is 19.7 Å². The molecule has 3 heterocycles. The van der Waals surface area contributed by atoms with Gasteiger partial charge >= 0.3 is 6.09 Å². The van der Waals surface area contributed by atoms with Gasteiger partial charge < -0.3 is 15.2 Å². The van der Waals surface area contributed by atoms with Crippen molar-refractivity contribution in [1.29, 1.82) is 0 Å². The first-order chi connectivity index (χ1) is 15.8. The van der Waals surface area contributed by atoms with Crippen LogP contribution in [0.15, 0.2) is 61.1 Å². The lowest BCUT2D eigenvalue weighted by Crippen LogP contribution is -2.27. The minimum atomic E-state index is -0.580. The highest BCUT2D eigenvalue weighted by molar-refractivity contribution is 7.22. The topological polar surface area (TPSA) is 109 Å². The minimum Gasteiger partial charge on any atom is -0.444 e. The average Bonchev–Trinajstić information content (AvgIpc) is 3.22. The SMILES string of the molecule is CC(C)(C)OC(=O)Nc1ccc(-c2cc3ncnc(N[C@H](CO)c4ccccc4)c3s2)cn1. The van der Waals surface area contributed by atoms with Crippen molar-refractivity contribution in [2.24, 2.45) is 0 Å². The monoisotopic (exact) mass is 463 g/mol. The van der Waals surface area contributed by atoms with Crippen LogP contribution >= 0.6 is 11.3 Å². The number of pyridine rings is 1. The highest BCUT2D eigenvalue weighted by atomic mass is 32.1. The van der Waals surface area contributed by atoms with Gasteiger partial charge in [-0.05, 0) is 44.5 Å². The van der Waals surface area contributed by atoms with Crippen LogP contribution in [0.4, 0.5) is 16.4 Å². The lowest BCUT2D eigenvalue weighted by molar-refractivity contribution is 0.0635. The maximum absolute atomic E-state index is 11.9. The molecular formula is C24H25N5O3S. The van der Waals surface area contributed by atoms with Crippen LogP contribution in [0.2, 0.25) is 0 Å². The number of fused-ring (bicyclic) bond motifs is 1. The first-order valence-corrected chi connectivity index (χ1v) is 11.3. The summed E-state index contributed by atoms with van der Waals surface area (Å²) in [5, 5.41) is 15.9. The van der Waals surface area contributed by atoms with Crippen LogP contribution in [0.5, 0.6) is 0 Å². The lowest BCUT2D eigenvalue weighted by atomic mass is 10.1. The Morgan fingerprint density at radius 2 is 1.91 bits per heavy atom. The number of hydrogen-bond donors (Lipinski definition) is 3. The number of aliphatic hydroxyl groups excluding tert-OH is 1. The van der Waals surface area contributed by atoms with Crippen molar-refractivity contribution >= 4 is 39.3 Å². The number of carbonyl (C=O) groups excluding carboxylic acids is 1. The number of anilines is 2. The number of amides is 1. The summed E-state index contributed by atoms with van der Waals surface area (Å²) in [6.07, 6.45) is 2.65. The molecule has 4 aromatic rings. The second kappa shape index (κ2) is 9.51. The fourth-order valence-corrected chi connectivity index (χ4v) is 4.26. The van der Waals surface area contributed by atoms with Crippen LogP contribution in [0.3, 0.4) is 0 Å². The summed E-state index contributed by atoms with van der Waals surface area (Å²) in [6.45, 7) is 5.35. The van der Waals surface area contributed by atoms with Gasteiger partial charge in [-0.3, -0.25) is 5.32 Å². The molecule has 0 aliphatic carbocycles. The molecule has 3 aromatic heterocycles. The molecular weight excluding hydrogens is 438 g/mol. The number of ether oxygens (including phenoxy) is 1. The van der Waals surface area contributed by atoms with Crippen molar-refractivity contribution in [3.8, 4) is 10.4 Å². The maximum Gasteiger partial charge on any atom is 0.413 e. The fraction of sp³-hybridized carbons (Fsp3) is 0.250. The van der Waals surface area contributed by atoms with Gasteiger partial charge in [-0.15, -0.1) is 11.3 Å². The molecule has 1 atom stereocenters. The van der Waals surface area contributed by atoms with E-state index in [2.05, 4.69) is 25.6 Å². The van der Waals surface area contributed by atoms with Gasteiger partial charge in [0.05, 0.1) is 22.9 Å². The van der Waals surface area contributed by atoms with E-state index in [9.17, 15) is 9.90 Å². The Bertz CT molecular complexity index is 1240. The van der Waals surface area contributed by atoms with E-state index in [4.69, 9.17) is 4.74 Å². The van der Waals surface area contributed by atoms with Crippen molar-refractivity contribution in [3.63, 3.8) is 0 Å². The van der Waals surface area contributed by atoms with E-state index in [0.29, 0.717) is 11.6 Å². The summed E-state index contributed by atoms with van der Waals surface area (Å²) < 4.78 is 6.14. The van der Waals surface area contributed by atoms with Crippen molar-refractivity contribution in [2.45, 2.75) is 32.4 Å². The average molecular weight is 464 g/mol. The molecule has 9 heteroatoms. The minimum absolute atomic E-state index is 0.0657. The van der Waals surface area contributed by atoms with E-state index in [-0.39, 0.29) is 12.6 Å². The van der Waals surface area contributed by atoms with Gasteiger partial charge in [-0.1, -0.05) is 30.3 Å². The summed E-state index contributed by atoms with van der Waals surface area (Å²) in [5.41, 5.74) is 2.08. The second-order valence-corrected chi connectivity index (χ2v) is 9.45. The molecule has 0 unspecified atom stereocenters. The van der Waals surface area contributed by atoms with Gasteiger partial charge in [0.1, 0.15) is 23.6 Å². The summed E-state index contributed by atoms with van der Waals surface area (Å²) in [6, 6.07) is 15.0. The number of aromatic nitrogens is 3. The highest BCUT2D eigenvalue weighted by Crippen LogP contribution is 2.36.